The van der Waals surface area contributed by atoms with Crippen molar-refractivity contribution in [3.63, 3.8) is 0 Å². The quantitative estimate of drug-likeness (QED) is 0.742. The van der Waals surface area contributed by atoms with Crippen LogP contribution in [0.25, 0.3) is 0 Å². The number of aromatic nitrogens is 1. The number of aliphatic hydroxyl groups is 1. The van der Waals surface area contributed by atoms with E-state index in [1.807, 2.05) is 30.3 Å². The topological polar surface area (TPSA) is 92.7 Å². The average Bonchev–Trinajstić information content (AvgIpc) is 2.69. The number of carbonyl (C=O) groups excluding carboxylic acids is 1. The first-order chi connectivity index (χ1) is 12.6. The molecule has 26 heavy (non-hydrogen) atoms. The summed E-state index contributed by atoms with van der Waals surface area (Å²) in [6.07, 6.45) is -0.199. The molecule has 1 amide bonds. The van der Waals surface area contributed by atoms with Crippen LogP contribution in [0.4, 0.5) is 0 Å². The maximum absolute atomic E-state index is 13.0. The molecule has 2 heterocycles. The lowest BCUT2D eigenvalue weighted by molar-refractivity contribution is 0.0288. The summed E-state index contributed by atoms with van der Waals surface area (Å²) in [5.74, 6) is 0.174. The molecule has 0 spiro atoms. The van der Waals surface area contributed by atoms with E-state index >= 15 is 0 Å². The zero-order valence-corrected chi connectivity index (χ0v) is 14.9. The third kappa shape index (κ3) is 3.36. The highest BCUT2D eigenvalue weighted by Gasteiger charge is 2.43. The first-order valence-electron chi connectivity index (χ1n) is 8.46. The number of hydrogen-bond donors (Lipinski definition) is 3. The molecule has 7 nitrogen and oxygen atoms in total. The molecule has 1 aromatic carbocycles. The molecule has 0 aliphatic carbocycles. The van der Waals surface area contributed by atoms with Crippen molar-refractivity contribution in [2.45, 2.75) is 18.1 Å². The lowest BCUT2D eigenvalue weighted by Gasteiger charge is -2.43. The van der Waals surface area contributed by atoms with Gasteiger partial charge in [0.2, 0.25) is 11.8 Å². The van der Waals surface area contributed by atoms with Gasteiger partial charge in [-0.15, -0.1) is 0 Å². The highest BCUT2D eigenvalue weighted by atomic mass is 16.5. The number of carbonyl (C=O) groups is 1. The molecule has 1 fully saturated rings. The van der Waals surface area contributed by atoms with E-state index in [4.69, 9.17) is 9.47 Å². The minimum atomic E-state index is -0.880. The number of methoxy groups -OCH3 is 2. The van der Waals surface area contributed by atoms with Crippen molar-refractivity contribution < 1.29 is 19.4 Å². The van der Waals surface area contributed by atoms with Crippen molar-refractivity contribution in [1.82, 2.24) is 15.6 Å². The zero-order chi connectivity index (χ0) is 18.6. The molecule has 1 aliphatic rings. The van der Waals surface area contributed by atoms with Gasteiger partial charge in [-0.25, -0.2) is 0 Å². The van der Waals surface area contributed by atoms with E-state index < -0.39 is 11.6 Å². The van der Waals surface area contributed by atoms with Gasteiger partial charge in [-0.3, -0.25) is 4.79 Å². The van der Waals surface area contributed by atoms with Crippen LogP contribution in [0.5, 0.6) is 11.8 Å². The third-order valence-electron chi connectivity index (χ3n) is 4.71. The summed E-state index contributed by atoms with van der Waals surface area (Å²) in [6.45, 7) is 1.08. The van der Waals surface area contributed by atoms with E-state index in [9.17, 15) is 9.90 Å². The largest absolute Gasteiger partial charge is 0.481 e. The summed E-state index contributed by atoms with van der Waals surface area (Å²) >= 11 is 0. The number of nitrogens with one attached hydrogen (secondary N) is 2. The lowest BCUT2D eigenvalue weighted by Crippen LogP contribution is -2.61. The van der Waals surface area contributed by atoms with E-state index in [0.717, 1.165) is 5.56 Å². The van der Waals surface area contributed by atoms with Gasteiger partial charge >= 0.3 is 0 Å². The molecule has 1 saturated heterocycles. The van der Waals surface area contributed by atoms with E-state index in [-0.39, 0.29) is 17.4 Å². The normalized spacial score (nSPS) is 22.5. The van der Waals surface area contributed by atoms with Gasteiger partial charge in [0, 0.05) is 12.6 Å². The summed E-state index contributed by atoms with van der Waals surface area (Å²) in [7, 11) is 2.95. The van der Waals surface area contributed by atoms with E-state index in [0.29, 0.717) is 25.4 Å². The molecule has 3 N–H and O–H groups in total. The van der Waals surface area contributed by atoms with Crippen molar-refractivity contribution in [2.24, 2.45) is 0 Å². The highest BCUT2D eigenvalue weighted by molar-refractivity contribution is 5.97. The number of rotatable bonds is 5. The fraction of sp³-hybridized carbons (Fsp3) is 0.368. The summed E-state index contributed by atoms with van der Waals surface area (Å²) in [4.78, 5) is 17.2. The Bertz CT molecular complexity index is 769. The van der Waals surface area contributed by atoms with Gasteiger partial charge in [0.1, 0.15) is 5.56 Å². The minimum absolute atomic E-state index is 0.175. The van der Waals surface area contributed by atoms with Crippen molar-refractivity contribution in [1.29, 1.82) is 0 Å². The summed E-state index contributed by atoms with van der Waals surface area (Å²) in [5, 5.41) is 16.9. The van der Waals surface area contributed by atoms with Crippen LogP contribution in [0, 0.1) is 0 Å². The van der Waals surface area contributed by atoms with Gasteiger partial charge in [-0.1, -0.05) is 30.3 Å². The van der Waals surface area contributed by atoms with Crippen molar-refractivity contribution in [3.8, 4) is 11.8 Å². The maximum Gasteiger partial charge on any atom is 0.257 e. The Morgan fingerprint density at radius 3 is 2.65 bits per heavy atom. The first kappa shape index (κ1) is 18.2. The molecule has 1 aliphatic heterocycles. The van der Waals surface area contributed by atoms with Gasteiger partial charge in [0.25, 0.3) is 5.91 Å². The van der Waals surface area contributed by atoms with Gasteiger partial charge < -0.3 is 25.2 Å². The zero-order valence-electron chi connectivity index (χ0n) is 14.9. The number of ether oxygens (including phenoxy) is 2. The van der Waals surface area contributed by atoms with E-state index in [2.05, 4.69) is 15.6 Å². The average molecular weight is 357 g/mol. The molecular weight excluding hydrogens is 334 g/mol. The van der Waals surface area contributed by atoms with Gasteiger partial charge in [-0.05, 0) is 24.6 Å². The first-order valence-corrected chi connectivity index (χ1v) is 8.46. The molecule has 2 aromatic rings. The Morgan fingerprint density at radius 1 is 1.23 bits per heavy atom. The standard InChI is InChI=1S/C19H23N3O4/c1-25-16-9-8-14(18(21-16)26-2)17(24)22-19(10-11-20-12-15(19)23)13-6-4-3-5-7-13/h3-9,15,20,23H,10-12H2,1-2H3,(H,22,24)/t15-,19-/m1/s1. The summed E-state index contributed by atoms with van der Waals surface area (Å²) in [5.41, 5.74) is 0.270. The number of benzene rings is 1. The number of nitrogens with zero attached hydrogens (tertiary/aromatic N) is 1. The summed E-state index contributed by atoms with van der Waals surface area (Å²) in [6, 6.07) is 12.7. The predicted octanol–water partition coefficient (Wildman–Crippen LogP) is 1.08. The van der Waals surface area contributed by atoms with Crippen LogP contribution in [0.1, 0.15) is 22.3 Å². The summed E-state index contributed by atoms with van der Waals surface area (Å²) < 4.78 is 10.3. The molecule has 7 heteroatoms. The molecular formula is C19H23N3O4. The number of pyridine rings is 1. The Morgan fingerprint density at radius 2 is 2.00 bits per heavy atom. The lowest BCUT2D eigenvalue weighted by atomic mass is 9.79. The van der Waals surface area contributed by atoms with Crippen LogP contribution in [-0.4, -0.2) is 49.4 Å². The van der Waals surface area contributed by atoms with Crippen molar-refractivity contribution in [3.05, 3.63) is 53.6 Å². The fourth-order valence-electron chi connectivity index (χ4n) is 3.29. The maximum atomic E-state index is 13.0. The molecule has 138 valence electrons. The Balaban J connectivity index is 1.96. The number of β-amino-alcohol motifs (C(OH)–C–C–N with tert-alkyl or cyclic N) is 1. The van der Waals surface area contributed by atoms with Gasteiger partial charge in [0.05, 0.1) is 25.9 Å². The van der Waals surface area contributed by atoms with Gasteiger partial charge in [-0.2, -0.15) is 4.98 Å². The van der Waals surface area contributed by atoms with E-state index in [1.54, 1.807) is 12.1 Å². The number of piperidine rings is 1. The predicted molar refractivity (Wildman–Crippen MR) is 96.4 cm³/mol. The molecule has 0 saturated carbocycles. The fourth-order valence-corrected chi connectivity index (χ4v) is 3.29. The molecule has 2 atom stereocenters. The second-order valence-electron chi connectivity index (χ2n) is 6.17. The molecule has 3 rings (SSSR count). The molecule has 0 bridgehead atoms. The number of aliphatic hydroxyl groups excluding tert-OH is 1. The van der Waals surface area contributed by atoms with Crippen LogP contribution in [-0.2, 0) is 5.54 Å². The third-order valence-corrected chi connectivity index (χ3v) is 4.71. The van der Waals surface area contributed by atoms with Gasteiger partial charge in [0.15, 0.2) is 0 Å². The van der Waals surface area contributed by atoms with E-state index in [1.165, 1.54) is 14.2 Å². The molecule has 0 radical (unpaired) electrons. The Hall–Kier alpha value is -2.64. The number of hydrogen-bond acceptors (Lipinski definition) is 6. The van der Waals surface area contributed by atoms with Crippen molar-refractivity contribution >= 4 is 5.91 Å². The smallest absolute Gasteiger partial charge is 0.257 e. The Labute approximate surface area is 152 Å². The minimum Gasteiger partial charge on any atom is -0.481 e. The second-order valence-corrected chi connectivity index (χ2v) is 6.17. The monoisotopic (exact) mass is 357 g/mol. The highest BCUT2D eigenvalue weighted by Crippen LogP contribution is 2.32. The molecule has 0 unspecified atom stereocenters. The second kappa shape index (κ2) is 7.72. The van der Waals surface area contributed by atoms with Crippen molar-refractivity contribution in [2.75, 3.05) is 27.3 Å². The van der Waals surface area contributed by atoms with Crippen LogP contribution in [0.2, 0.25) is 0 Å². The van der Waals surface area contributed by atoms with Crippen LogP contribution in [0.3, 0.4) is 0 Å². The number of amides is 1. The van der Waals surface area contributed by atoms with Crippen LogP contribution >= 0.6 is 0 Å². The van der Waals surface area contributed by atoms with Crippen LogP contribution in [0.15, 0.2) is 42.5 Å². The Kier molecular flexibility index (Phi) is 5.39. The SMILES string of the molecule is COc1ccc(C(=O)N[C@@]2(c3ccccc3)CCNC[C@H]2O)c(OC)n1. The van der Waals surface area contributed by atoms with Crippen LogP contribution < -0.4 is 20.1 Å². The molecule has 1 aromatic heterocycles.